The highest BCUT2D eigenvalue weighted by atomic mass is 35.5. The number of piperazine rings is 1. The summed E-state index contributed by atoms with van der Waals surface area (Å²) in [6, 6.07) is 5.96. The van der Waals surface area contributed by atoms with Crippen molar-refractivity contribution in [2.45, 2.75) is 50.8 Å². The molecule has 3 fully saturated rings. The number of carbonyl (C=O) groups excluding carboxylic acids is 1. The van der Waals surface area contributed by atoms with Gasteiger partial charge in [0.2, 0.25) is 12.5 Å². The van der Waals surface area contributed by atoms with E-state index in [2.05, 4.69) is 24.5 Å². The Hall–Kier alpha value is -3.98. The Morgan fingerprint density at radius 2 is 1.94 bits per heavy atom. The molecule has 2 saturated heterocycles. The highest BCUT2D eigenvalue weighted by molar-refractivity contribution is 6.36. The summed E-state index contributed by atoms with van der Waals surface area (Å²) >= 11 is 6.69. The molecular formula is C35H41ClN8O3. The molecular weight excluding hydrogens is 616 g/mol. The first kappa shape index (κ1) is 31.6. The summed E-state index contributed by atoms with van der Waals surface area (Å²) in [6.07, 6.45) is 13.1. The summed E-state index contributed by atoms with van der Waals surface area (Å²) in [6.45, 7) is 14.7. The number of amides is 1. The highest BCUT2D eigenvalue weighted by Crippen LogP contribution is 2.36. The van der Waals surface area contributed by atoms with Crippen LogP contribution in [-0.2, 0) is 22.5 Å². The molecule has 1 atom stereocenters. The average molecular weight is 657 g/mol. The Morgan fingerprint density at radius 1 is 1.06 bits per heavy atom. The van der Waals surface area contributed by atoms with Gasteiger partial charge in [-0.15, -0.1) is 0 Å². The maximum absolute atomic E-state index is 13.3. The van der Waals surface area contributed by atoms with Gasteiger partial charge in [-0.2, -0.15) is 9.97 Å². The van der Waals surface area contributed by atoms with Crippen LogP contribution in [0.15, 0.2) is 42.7 Å². The van der Waals surface area contributed by atoms with E-state index in [4.69, 9.17) is 37.6 Å². The van der Waals surface area contributed by atoms with Gasteiger partial charge in [-0.25, -0.2) is 6.57 Å². The number of aromatic nitrogens is 3. The third kappa shape index (κ3) is 7.30. The number of nitrogens with zero attached hydrogens (tertiary/aromatic N) is 8. The first-order valence-corrected chi connectivity index (χ1v) is 17.1. The van der Waals surface area contributed by atoms with E-state index in [0.717, 1.165) is 79.0 Å². The second kappa shape index (κ2) is 14.4. The van der Waals surface area contributed by atoms with E-state index in [0.29, 0.717) is 56.5 Å². The minimum absolute atomic E-state index is 0.0279. The molecule has 3 aliphatic heterocycles. The SMILES string of the molecule is [C-]#[N+]C[C@H]1CN(c2nc(OCCOC3CC3)nc3c2CCN(c2cncc4cccc(Cl)c24)C3)CCN1C(=O)/C=C/CN1CCCC1. The number of halogens is 1. The summed E-state index contributed by atoms with van der Waals surface area (Å²) in [7, 11) is 0. The van der Waals surface area contributed by atoms with Crippen molar-refractivity contribution >= 4 is 39.8 Å². The molecule has 12 heteroatoms. The number of rotatable bonds is 11. The second-order valence-electron chi connectivity index (χ2n) is 12.7. The van der Waals surface area contributed by atoms with Crippen molar-refractivity contribution in [2.75, 3.05) is 75.4 Å². The molecule has 0 N–H and O–H groups in total. The van der Waals surface area contributed by atoms with Crippen molar-refractivity contribution in [3.8, 4) is 6.01 Å². The smallest absolute Gasteiger partial charge is 0.318 e. The predicted octanol–water partition coefficient (Wildman–Crippen LogP) is 4.39. The third-order valence-corrected chi connectivity index (χ3v) is 9.77. The van der Waals surface area contributed by atoms with Gasteiger partial charge in [-0.1, -0.05) is 29.8 Å². The number of anilines is 2. The van der Waals surface area contributed by atoms with Gasteiger partial charge in [0.25, 0.3) is 0 Å². The normalized spacial score (nSPS) is 20.2. The number of likely N-dealkylation sites (tertiary alicyclic amines) is 1. The highest BCUT2D eigenvalue weighted by Gasteiger charge is 2.35. The molecule has 7 rings (SSSR count). The van der Waals surface area contributed by atoms with Crippen LogP contribution in [0.25, 0.3) is 15.6 Å². The van der Waals surface area contributed by atoms with E-state index in [1.165, 1.54) is 12.8 Å². The maximum atomic E-state index is 13.3. The topological polar surface area (TPSA) is 91.5 Å². The lowest BCUT2D eigenvalue weighted by Gasteiger charge is -2.41. The summed E-state index contributed by atoms with van der Waals surface area (Å²) in [4.78, 5) is 40.1. The number of hydrogen-bond donors (Lipinski definition) is 0. The largest absolute Gasteiger partial charge is 0.461 e. The van der Waals surface area contributed by atoms with Gasteiger partial charge in [0.05, 0.1) is 41.9 Å². The minimum atomic E-state index is -0.240. The zero-order valence-corrected chi connectivity index (χ0v) is 27.4. The van der Waals surface area contributed by atoms with Crippen LogP contribution >= 0.6 is 11.6 Å². The van der Waals surface area contributed by atoms with Crippen LogP contribution in [-0.4, -0.2) is 108 Å². The van der Waals surface area contributed by atoms with Crippen molar-refractivity contribution in [3.63, 3.8) is 0 Å². The molecule has 0 spiro atoms. The van der Waals surface area contributed by atoms with Crippen molar-refractivity contribution < 1.29 is 14.3 Å². The van der Waals surface area contributed by atoms with E-state index in [1.54, 1.807) is 6.08 Å². The summed E-state index contributed by atoms with van der Waals surface area (Å²) in [5.41, 5.74) is 2.95. The number of hydrogen-bond acceptors (Lipinski definition) is 9. The van der Waals surface area contributed by atoms with Gasteiger partial charge in [0.1, 0.15) is 18.5 Å². The van der Waals surface area contributed by atoms with E-state index >= 15 is 0 Å². The molecule has 2 aromatic heterocycles. The lowest BCUT2D eigenvalue weighted by atomic mass is 10.0. The Bertz CT molecular complexity index is 1660. The van der Waals surface area contributed by atoms with Crippen LogP contribution in [0, 0.1) is 6.57 Å². The number of fused-ring (bicyclic) bond motifs is 2. The Balaban J connectivity index is 1.13. The number of benzene rings is 1. The molecule has 47 heavy (non-hydrogen) atoms. The molecule has 5 heterocycles. The van der Waals surface area contributed by atoms with Gasteiger partial charge < -0.3 is 29.0 Å². The van der Waals surface area contributed by atoms with Crippen LogP contribution in [0.3, 0.4) is 0 Å². The van der Waals surface area contributed by atoms with Crippen LogP contribution in [0.1, 0.15) is 36.9 Å². The minimum Gasteiger partial charge on any atom is -0.461 e. The lowest BCUT2D eigenvalue weighted by molar-refractivity contribution is -0.128. The van der Waals surface area contributed by atoms with Gasteiger partial charge >= 0.3 is 6.01 Å². The molecule has 4 aliphatic rings. The summed E-state index contributed by atoms with van der Waals surface area (Å²) in [5.74, 6) is 0.799. The van der Waals surface area contributed by atoms with Gasteiger partial charge in [0, 0.05) is 61.3 Å². The quantitative estimate of drug-likeness (QED) is 0.169. The van der Waals surface area contributed by atoms with Crippen LogP contribution in [0.2, 0.25) is 5.02 Å². The number of pyridine rings is 1. The first-order valence-electron chi connectivity index (χ1n) is 16.8. The maximum Gasteiger partial charge on any atom is 0.318 e. The third-order valence-electron chi connectivity index (χ3n) is 9.46. The van der Waals surface area contributed by atoms with Gasteiger partial charge in [-0.3, -0.25) is 14.7 Å². The molecule has 0 unspecified atom stereocenters. The van der Waals surface area contributed by atoms with Crippen molar-refractivity contribution in [1.29, 1.82) is 0 Å². The van der Waals surface area contributed by atoms with Crippen molar-refractivity contribution in [1.82, 2.24) is 24.8 Å². The van der Waals surface area contributed by atoms with E-state index in [9.17, 15) is 4.79 Å². The number of ether oxygens (including phenoxy) is 2. The zero-order valence-electron chi connectivity index (χ0n) is 26.7. The second-order valence-corrected chi connectivity index (χ2v) is 13.1. The molecule has 3 aromatic rings. The standard InChI is InChI=1S/C35H41ClN8O3/c1-37-21-26-23-43(16-17-44(26)32(45)8-5-14-41-12-2-3-13-41)34-28-11-15-42(31-22-38-20-25-6-4-7-29(36)33(25)31)24-30(28)39-35(40-34)47-19-18-46-27-9-10-27/h4-8,20,22,26-27H,2-3,9-19,21,23-24H2/b8-5+/t26-/m0/s1. The predicted molar refractivity (Wildman–Crippen MR) is 182 cm³/mol. The van der Waals surface area contributed by atoms with E-state index in [-0.39, 0.29) is 18.5 Å². The van der Waals surface area contributed by atoms with E-state index in [1.807, 2.05) is 41.6 Å². The Labute approximate surface area is 280 Å². The molecule has 1 saturated carbocycles. The zero-order chi connectivity index (χ0) is 32.2. The van der Waals surface area contributed by atoms with E-state index < -0.39 is 0 Å². The Morgan fingerprint density at radius 3 is 2.77 bits per heavy atom. The van der Waals surface area contributed by atoms with Crippen LogP contribution in [0.5, 0.6) is 6.01 Å². The molecule has 0 bridgehead atoms. The van der Waals surface area contributed by atoms with Gasteiger partial charge in [0.15, 0.2) is 0 Å². The van der Waals surface area contributed by atoms with Crippen LogP contribution in [0.4, 0.5) is 11.5 Å². The lowest BCUT2D eigenvalue weighted by Crippen LogP contribution is -2.56. The number of carbonyl (C=O) groups is 1. The van der Waals surface area contributed by atoms with Crippen LogP contribution < -0.4 is 14.5 Å². The molecule has 1 aliphatic carbocycles. The monoisotopic (exact) mass is 656 g/mol. The fourth-order valence-corrected chi connectivity index (χ4v) is 7.16. The molecule has 246 valence electrons. The molecule has 11 nitrogen and oxygen atoms in total. The van der Waals surface area contributed by atoms with Crippen molar-refractivity contribution in [2.24, 2.45) is 0 Å². The Kier molecular flexibility index (Phi) is 9.70. The van der Waals surface area contributed by atoms with Crippen molar-refractivity contribution in [3.05, 3.63) is 70.4 Å². The van der Waals surface area contributed by atoms with Gasteiger partial charge in [-0.05, 0) is 51.3 Å². The molecule has 0 radical (unpaired) electrons. The summed E-state index contributed by atoms with van der Waals surface area (Å²) < 4.78 is 11.9. The fraction of sp³-hybridized carbons (Fsp3) is 0.514. The fourth-order valence-electron chi connectivity index (χ4n) is 6.88. The first-order chi connectivity index (χ1) is 23.1. The average Bonchev–Trinajstić information content (AvgIpc) is 3.77. The molecule has 1 aromatic carbocycles. The summed E-state index contributed by atoms with van der Waals surface area (Å²) in [5, 5.41) is 2.67. The molecule has 1 amide bonds.